The molecular weight excluding hydrogens is 1050 g/mol. The van der Waals surface area contributed by atoms with Gasteiger partial charge in [0.15, 0.2) is 0 Å². The number of hydrogen-bond acceptors (Lipinski definition) is 15. The van der Waals surface area contributed by atoms with Crippen molar-refractivity contribution in [3.05, 3.63) is 0 Å². The number of amides is 12. The van der Waals surface area contributed by atoms with Crippen molar-refractivity contribution in [2.24, 2.45) is 46.8 Å². The summed E-state index contributed by atoms with van der Waals surface area (Å²) in [7, 11) is 1.39. The fourth-order valence-corrected chi connectivity index (χ4v) is 8.39. The number of carbonyl (C=O) groups is 12. The predicted octanol–water partition coefficient (Wildman–Crippen LogP) is -2.87. The first-order valence-corrected chi connectivity index (χ1v) is 28.5. The maximum Gasteiger partial charge on any atom is 0.245 e. The topological polar surface area (TPSA) is 418 Å². The zero-order valence-electron chi connectivity index (χ0n) is 50.3. The van der Waals surface area contributed by atoms with Crippen LogP contribution in [0.1, 0.15) is 141 Å². The van der Waals surface area contributed by atoms with Crippen LogP contribution in [0.5, 0.6) is 0 Å². The Kier molecular flexibility index (Phi) is 32.3. The van der Waals surface area contributed by atoms with Crippen LogP contribution in [-0.4, -0.2) is 175 Å². The van der Waals surface area contributed by atoms with Crippen LogP contribution in [0.25, 0.3) is 0 Å². The Hall–Kier alpha value is -6.48. The van der Waals surface area contributed by atoms with E-state index in [4.69, 9.17) is 17.2 Å². The standard InChI is InChI=1S/C54H99N15O12/c1-27(2)25-38-50(77)63-37(21-15-16-22-55)49(76)58-23-17-19-35(56)47(74)62-32(11)44(71)60-26-39(70)61-33(12)45(72)65-42(30(7)8)53(80)67-40(28(3)4)51(78)59-24-18-20-36(57)48(75)68-43(31(9)10)54(81)69(14)34(13)46(73)66-41(29(5)6)52(79)64-38/h27-38,40-43H,15-26,55-57H2,1-14H3,(H,58,76)(H,59,78)(H,60,71)(H,61,70)(H,62,74)(H,63,77)(H,64,79)(H,65,72)(H,66,73)(H,67,80)(H,68,75)/t32-,33-,34-,35-,36-,37-,38-,40-,41-,42-,43-/m0/s1. The molecule has 1 heterocycles. The molecule has 0 spiro atoms. The van der Waals surface area contributed by atoms with Crippen molar-refractivity contribution >= 4 is 70.9 Å². The molecule has 1 rings (SSSR count). The first-order chi connectivity index (χ1) is 37.7. The van der Waals surface area contributed by atoms with Crippen LogP contribution in [0.2, 0.25) is 0 Å². The molecule has 17 N–H and O–H groups in total. The Morgan fingerprint density at radius 3 is 1.40 bits per heavy atom. The molecule has 0 aliphatic carbocycles. The van der Waals surface area contributed by atoms with Gasteiger partial charge in [0.25, 0.3) is 0 Å². The normalized spacial score (nSPS) is 28.0. The molecule has 1 saturated heterocycles. The first kappa shape index (κ1) is 72.5. The minimum absolute atomic E-state index is 0.0510. The number of nitrogens with one attached hydrogen (secondary N) is 11. The summed E-state index contributed by atoms with van der Waals surface area (Å²) in [4.78, 5) is 163. The van der Waals surface area contributed by atoms with Crippen molar-refractivity contribution in [2.45, 2.75) is 208 Å². The van der Waals surface area contributed by atoms with Crippen LogP contribution in [0, 0.1) is 29.6 Å². The largest absolute Gasteiger partial charge is 0.354 e. The molecule has 0 aromatic heterocycles. The number of carbonyl (C=O) groups excluding carboxylic acids is 12. The van der Waals surface area contributed by atoms with Crippen molar-refractivity contribution in [3.8, 4) is 0 Å². The Morgan fingerprint density at radius 1 is 0.457 bits per heavy atom. The number of nitrogens with zero attached hydrogens (tertiary/aromatic N) is 1. The Labute approximate surface area is 478 Å². The van der Waals surface area contributed by atoms with Gasteiger partial charge in [0.1, 0.15) is 54.4 Å². The number of hydrogen-bond donors (Lipinski definition) is 14. The van der Waals surface area contributed by atoms with Gasteiger partial charge in [-0.3, -0.25) is 57.5 Å². The van der Waals surface area contributed by atoms with Crippen LogP contribution in [0.3, 0.4) is 0 Å². The van der Waals surface area contributed by atoms with Crippen LogP contribution in [-0.2, 0) is 57.5 Å². The highest BCUT2D eigenvalue weighted by Gasteiger charge is 2.37. The van der Waals surface area contributed by atoms with Gasteiger partial charge in [0, 0.05) is 20.1 Å². The van der Waals surface area contributed by atoms with E-state index in [0.29, 0.717) is 19.4 Å². The number of nitrogens with two attached hydrogens (primary N) is 3. The fraction of sp³-hybridized carbons (Fsp3) is 0.778. The molecule has 0 saturated carbocycles. The summed E-state index contributed by atoms with van der Waals surface area (Å²) in [5.41, 5.74) is 18.1. The van der Waals surface area contributed by atoms with E-state index in [1.807, 2.05) is 13.8 Å². The van der Waals surface area contributed by atoms with Gasteiger partial charge in [0.2, 0.25) is 70.9 Å². The maximum absolute atomic E-state index is 14.0. The minimum Gasteiger partial charge on any atom is -0.354 e. The van der Waals surface area contributed by atoms with Crippen LogP contribution >= 0.6 is 0 Å². The van der Waals surface area contributed by atoms with Gasteiger partial charge < -0.3 is 80.6 Å². The summed E-state index contributed by atoms with van der Waals surface area (Å²) in [6.07, 6.45) is 1.99. The van der Waals surface area contributed by atoms with Crippen molar-refractivity contribution in [2.75, 3.05) is 33.2 Å². The second-order valence-corrected chi connectivity index (χ2v) is 22.9. The van der Waals surface area contributed by atoms with E-state index in [1.165, 1.54) is 27.8 Å². The molecule has 11 atom stereocenters. The molecule has 1 aliphatic heterocycles. The molecular formula is C54H99N15O12. The molecule has 1 fully saturated rings. The lowest BCUT2D eigenvalue weighted by molar-refractivity contribution is -0.143. The molecule has 0 radical (unpaired) electrons. The third-order valence-electron chi connectivity index (χ3n) is 13.8. The fourth-order valence-electron chi connectivity index (χ4n) is 8.39. The predicted molar refractivity (Wildman–Crippen MR) is 304 cm³/mol. The molecule has 462 valence electrons. The van der Waals surface area contributed by atoms with E-state index in [2.05, 4.69) is 58.5 Å². The lowest BCUT2D eigenvalue weighted by Crippen LogP contribution is -2.60. The van der Waals surface area contributed by atoms with Crippen molar-refractivity contribution in [1.82, 2.24) is 63.4 Å². The van der Waals surface area contributed by atoms with E-state index in [0.717, 1.165) is 4.90 Å². The molecule has 0 unspecified atom stereocenters. The lowest BCUT2D eigenvalue weighted by atomic mass is 9.98. The van der Waals surface area contributed by atoms with Gasteiger partial charge in [-0.25, -0.2) is 0 Å². The molecule has 12 amide bonds. The van der Waals surface area contributed by atoms with E-state index < -0.39 is 168 Å². The van der Waals surface area contributed by atoms with Crippen LogP contribution < -0.4 is 75.7 Å². The highest BCUT2D eigenvalue weighted by Crippen LogP contribution is 2.14. The van der Waals surface area contributed by atoms with Crippen molar-refractivity contribution in [3.63, 3.8) is 0 Å². The van der Waals surface area contributed by atoms with E-state index >= 15 is 0 Å². The summed E-state index contributed by atoms with van der Waals surface area (Å²) in [6.45, 7) is 21.4. The third kappa shape index (κ3) is 25.5. The highest BCUT2D eigenvalue weighted by molar-refractivity contribution is 5.98. The third-order valence-corrected chi connectivity index (χ3v) is 13.8. The van der Waals surface area contributed by atoms with Crippen LogP contribution in [0.15, 0.2) is 0 Å². The number of rotatable bonds is 10. The summed E-state index contributed by atoms with van der Waals surface area (Å²) in [6, 6.07) is -12.3. The highest BCUT2D eigenvalue weighted by atomic mass is 16.2. The zero-order chi connectivity index (χ0) is 62.0. The maximum atomic E-state index is 14.0. The molecule has 0 bridgehead atoms. The second kappa shape index (κ2) is 36.1. The summed E-state index contributed by atoms with van der Waals surface area (Å²) < 4.78 is 0. The minimum atomic E-state index is -1.18. The Morgan fingerprint density at radius 2 is 0.889 bits per heavy atom. The molecule has 0 aromatic rings. The molecule has 81 heavy (non-hydrogen) atoms. The van der Waals surface area contributed by atoms with Crippen molar-refractivity contribution in [1.29, 1.82) is 0 Å². The smallest absolute Gasteiger partial charge is 0.245 e. The van der Waals surface area contributed by atoms with Gasteiger partial charge in [-0.15, -0.1) is 0 Å². The quantitative estimate of drug-likeness (QED) is 0.0978. The molecule has 0 aromatic carbocycles. The van der Waals surface area contributed by atoms with Gasteiger partial charge in [-0.1, -0.05) is 69.2 Å². The van der Waals surface area contributed by atoms with Gasteiger partial charge in [-0.05, 0) is 108 Å². The SMILES string of the molecule is CC(C)C[C@@H]1NC(=O)[C@H](C(C)C)NC(=O)[C@H](C)N(C)C(=O)[C@H](C(C)C)NC(=O)[C@@H](N)CCCNC(=O)[C@H](C(C)C)NC(=O)[C@H](C(C)C)NC(=O)[C@H](C)NC(=O)CNC(=O)[C@H](C)NC(=O)[C@@H](N)CCCNC(=O)[C@H](CCCCN)NC1=O. The monoisotopic (exact) mass is 1150 g/mol. The summed E-state index contributed by atoms with van der Waals surface area (Å²) >= 11 is 0. The molecule has 27 heteroatoms. The summed E-state index contributed by atoms with van der Waals surface area (Å²) in [5, 5.41) is 29.1. The van der Waals surface area contributed by atoms with Gasteiger partial charge in [-0.2, -0.15) is 0 Å². The number of likely N-dealkylation sites (N-methyl/N-ethyl adjacent to an activating group) is 1. The van der Waals surface area contributed by atoms with Gasteiger partial charge in [0.05, 0.1) is 18.6 Å². The zero-order valence-corrected chi connectivity index (χ0v) is 50.3. The van der Waals surface area contributed by atoms with Gasteiger partial charge >= 0.3 is 0 Å². The average molecular weight is 1150 g/mol. The molecule has 27 nitrogen and oxygen atoms in total. The van der Waals surface area contributed by atoms with E-state index in [9.17, 15) is 57.5 Å². The van der Waals surface area contributed by atoms with E-state index in [-0.39, 0.29) is 57.5 Å². The Balaban J connectivity index is 3.52. The number of unbranched alkanes of at least 4 members (excludes halogenated alkanes) is 1. The lowest BCUT2D eigenvalue weighted by Gasteiger charge is -2.32. The Bertz CT molecular complexity index is 2140. The average Bonchev–Trinajstić information content (AvgIpc) is 3.39. The first-order valence-electron chi connectivity index (χ1n) is 28.5. The second-order valence-electron chi connectivity index (χ2n) is 22.9. The van der Waals surface area contributed by atoms with Crippen molar-refractivity contribution < 1.29 is 57.5 Å². The molecule has 1 aliphatic rings. The van der Waals surface area contributed by atoms with Crippen LogP contribution in [0.4, 0.5) is 0 Å². The summed E-state index contributed by atoms with van der Waals surface area (Å²) in [5.74, 6) is -9.89. The van der Waals surface area contributed by atoms with E-state index in [1.54, 1.807) is 55.4 Å².